The molecule has 1 aliphatic rings. The molecule has 0 aliphatic carbocycles. The molecule has 2 rings (SSSR count). The zero-order valence-electron chi connectivity index (χ0n) is 13.3. The number of carbonyl (C=O) groups excluding carboxylic acids is 1. The third-order valence-electron chi connectivity index (χ3n) is 4.04. The van der Waals surface area contributed by atoms with Gasteiger partial charge < -0.3 is 19.9 Å². The Kier molecular flexibility index (Phi) is 4.84. The van der Waals surface area contributed by atoms with Gasteiger partial charge in [0.25, 0.3) is 0 Å². The van der Waals surface area contributed by atoms with E-state index in [4.69, 9.17) is 10.5 Å². The number of aryl methyl sites for hydroxylation is 1. The number of hydrogen-bond acceptors (Lipinski definition) is 6. The van der Waals surface area contributed by atoms with Crippen LogP contribution < -0.4 is 5.73 Å². The van der Waals surface area contributed by atoms with Crippen molar-refractivity contribution in [2.45, 2.75) is 26.4 Å². The van der Waals surface area contributed by atoms with Crippen molar-refractivity contribution in [2.75, 3.05) is 46.1 Å². The highest BCUT2D eigenvalue weighted by Gasteiger charge is 2.26. The van der Waals surface area contributed by atoms with Gasteiger partial charge in [-0.3, -0.25) is 4.90 Å². The van der Waals surface area contributed by atoms with Crippen LogP contribution in [0.3, 0.4) is 0 Å². The number of aromatic nitrogens is 2. The Morgan fingerprint density at radius 1 is 1.43 bits per heavy atom. The minimum atomic E-state index is -0.453. The fraction of sp³-hybridized carbons (Fsp3) is 0.714. The minimum Gasteiger partial charge on any atom is -0.461 e. The monoisotopic (exact) mass is 295 g/mol. The number of ether oxygens (including phenoxy) is 1. The molecule has 1 aliphatic heterocycles. The Balaban J connectivity index is 2.18. The second kappa shape index (κ2) is 6.44. The van der Waals surface area contributed by atoms with E-state index in [1.807, 2.05) is 11.5 Å². The maximum atomic E-state index is 11.8. The first-order valence-corrected chi connectivity index (χ1v) is 7.32. The van der Waals surface area contributed by atoms with E-state index in [1.165, 1.54) is 0 Å². The van der Waals surface area contributed by atoms with Crippen LogP contribution in [0.1, 0.15) is 23.2 Å². The standard InChI is InChI=1S/C14H25N5O2/c1-5-21-14(20)12-13(15)19(10(2)16-12)9-11-8-17(3)6-7-18(11)4/h11H,5-9,15H2,1-4H3. The molecule has 7 nitrogen and oxygen atoms in total. The van der Waals surface area contributed by atoms with E-state index in [0.717, 1.165) is 32.0 Å². The Morgan fingerprint density at radius 3 is 2.81 bits per heavy atom. The molecule has 0 saturated carbocycles. The minimum absolute atomic E-state index is 0.223. The molecule has 21 heavy (non-hydrogen) atoms. The van der Waals surface area contributed by atoms with Crippen molar-refractivity contribution >= 4 is 11.8 Å². The Morgan fingerprint density at radius 2 is 2.14 bits per heavy atom. The molecule has 1 atom stereocenters. The number of hydrogen-bond donors (Lipinski definition) is 1. The van der Waals surface area contributed by atoms with Crippen molar-refractivity contribution in [3.05, 3.63) is 11.5 Å². The fourth-order valence-corrected chi connectivity index (χ4v) is 2.67. The first-order chi connectivity index (χ1) is 9.93. The lowest BCUT2D eigenvalue weighted by molar-refractivity contribution is 0.0521. The highest BCUT2D eigenvalue weighted by atomic mass is 16.5. The van der Waals surface area contributed by atoms with Gasteiger partial charge in [0.15, 0.2) is 5.69 Å². The lowest BCUT2D eigenvalue weighted by Gasteiger charge is -2.38. The summed E-state index contributed by atoms with van der Waals surface area (Å²) < 4.78 is 6.90. The zero-order valence-corrected chi connectivity index (χ0v) is 13.3. The van der Waals surface area contributed by atoms with Crippen LogP contribution in [0.2, 0.25) is 0 Å². The van der Waals surface area contributed by atoms with Gasteiger partial charge in [-0.25, -0.2) is 9.78 Å². The number of likely N-dealkylation sites (N-methyl/N-ethyl adjacent to an activating group) is 2. The third kappa shape index (κ3) is 3.36. The van der Waals surface area contributed by atoms with E-state index in [0.29, 0.717) is 18.5 Å². The smallest absolute Gasteiger partial charge is 0.360 e. The van der Waals surface area contributed by atoms with Gasteiger partial charge in [0.1, 0.15) is 11.6 Å². The molecule has 1 aromatic heterocycles. The van der Waals surface area contributed by atoms with Crippen LogP contribution in [-0.2, 0) is 11.3 Å². The van der Waals surface area contributed by atoms with Crippen molar-refractivity contribution < 1.29 is 9.53 Å². The maximum Gasteiger partial charge on any atom is 0.360 e. The molecule has 1 saturated heterocycles. The number of carbonyl (C=O) groups is 1. The first kappa shape index (κ1) is 15.8. The molecule has 118 valence electrons. The van der Waals surface area contributed by atoms with Gasteiger partial charge in [-0.15, -0.1) is 0 Å². The fourth-order valence-electron chi connectivity index (χ4n) is 2.67. The van der Waals surface area contributed by atoms with E-state index in [1.54, 1.807) is 6.92 Å². The van der Waals surface area contributed by atoms with E-state index in [-0.39, 0.29) is 5.69 Å². The van der Waals surface area contributed by atoms with Crippen LogP contribution in [-0.4, -0.2) is 71.7 Å². The molecule has 0 aromatic carbocycles. The van der Waals surface area contributed by atoms with Gasteiger partial charge in [-0.2, -0.15) is 0 Å². The summed E-state index contributed by atoms with van der Waals surface area (Å²) >= 11 is 0. The molecule has 1 unspecified atom stereocenters. The van der Waals surface area contributed by atoms with Gasteiger partial charge in [0.2, 0.25) is 0 Å². The van der Waals surface area contributed by atoms with E-state index < -0.39 is 5.97 Å². The first-order valence-electron chi connectivity index (χ1n) is 7.32. The summed E-state index contributed by atoms with van der Waals surface area (Å²) in [6.45, 7) is 7.75. The second-order valence-electron chi connectivity index (χ2n) is 5.62. The largest absolute Gasteiger partial charge is 0.461 e. The summed E-state index contributed by atoms with van der Waals surface area (Å²) in [6, 6.07) is 0.356. The number of piperazine rings is 1. The van der Waals surface area contributed by atoms with Gasteiger partial charge in [-0.05, 0) is 27.9 Å². The molecule has 1 aromatic rings. The van der Waals surface area contributed by atoms with Crippen LogP contribution in [0.4, 0.5) is 5.82 Å². The van der Waals surface area contributed by atoms with Crippen LogP contribution >= 0.6 is 0 Å². The number of anilines is 1. The zero-order chi connectivity index (χ0) is 15.6. The number of nitrogens with zero attached hydrogens (tertiary/aromatic N) is 4. The van der Waals surface area contributed by atoms with Gasteiger partial charge in [0, 0.05) is 32.2 Å². The van der Waals surface area contributed by atoms with Crippen LogP contribution in [0.25, 0.3) is 0 Å². The summed E-state index contributed by atoms with van der Waals surface area (Å²) in [6.07, 6.45) is 0. The molecule has 0 spiro atoms. The number of nitrogen functional groups attached to an aromatic ring is 1. The summed E-state index contributed by atoms with van der Waals surface area (Å²) in [5.41, 5.74) is 6.32. The Labute approximate surface area is 125 Å². The van der Waals surface area contributed by atoms with Crippen molar-refractivity contribution in [3.63, 3.8) is 0 Å². The number of rotatable bonds is 4. The van der Waals surface area contributed by atoms with Gasteiger partial charge >= 0.3 is 5.97 Å². The molecular formula is C14H25N5O2. The molecule has 2 N–H and O–H groups in total. The molecule has 1 fully saturated rings. The summed E-state index contributed by atoms with van der Waals surface area (Å²) in [7, 11) is 4.24. The Bertz CT molecular complexity index is 514. The topological polar surface area (TPSA) is 76.6 Å². The summed E-state index contributed by atoms with van der Waals surface area (Å²) in [5.74, 6) is 0.690. The second-order valence-corrected chi connectivity index (χ2v) is 5.62. The highest BCUT2D eigenvalue weighted by Crippen LogP contribution is 2.18. The highest BCUT2D eigenvalue weighted by molar-refractivity contribution is 5.92. The molecule has 0 bridgehead atoms. The van der Waals surface area contributed by atoms with E-state index in [9.17, 15) is 4.79 Å². The van der Waals surface area contributed by atoms with Crippen LogP contribution in [0.5, 0.6) is 0 Å². The van der Waals surface area contributed by atoms with Crippen molar-refractivity contribution in [3.8, 4) is 0 Å². The average molecular weight is 295 g/mol. The molecule has 2 heterocycles. The molecule has 7 heteroatoms. The lowest BCUT2D eigenvalue weighted by Crippen LogP contribution is -2.51. The van der Waals surface area contributed by atoms with Crippen molar-refractivity contribution in [2.24, 2.45) is 0 Å². The van der Waals surface area contributed by atoms with Crippen molar-refractivity contribution in [1.82, 2.24) is 19.4 Å². The number of nitrogens with two attached hydrogens (primary N) is 1. The molecule has 0 amide bonds. The van der Waals surface area contributed by atoms with Crippen molar-refractivity contribution in [1.29, 1.82) is 0 Å². The predicted octanol–water partition coefficient (Wildman–Crippen LogP) is 0.196. The lowest BCUT2D eigenvalue weighted by atomic mass is 10.2. The van der Waals surface area contributed by atoms with E-state index in [2.05, 4.69) is 28.9 Å². The molecular weight excluding hydrogens is 270 g/mol. The summed E-state index contributed by atoms with van der Waals surface area (Å²) in [5, 5.41) is 0. The van der Waals surface area contributed by atoms with Gasteiger partial charge in [-0.1, -0.05) is 0 Å². The number of imidazole rings is 1. The van der Waals surface area contributed by atoms with E-state index >= 15 is 0 Å². The number of esters is 1. The predicted molar refractivity (Wildman–Crippen MR) is 81.2 cm³/mol. The molecule has 0 radical (unpaired) electrons. The van der Waals surface area contributed by atoms with Gasteiger partial charge in [0.05, 0.1) is 6.61 Å². The SMILES string of the molecule is CCOC(=O)c1nc(C)n(CC2CN(C)CCN2C)c1N. The Hall–Kier alpha value is -1.60. The van der Waals surface area contributed by atoms with Crippen LogP contribution in [0, 0.1) is 6.92 Å². The normalized spacial score (nSPS) is 20.7. The third-order valence-corrected chi connectivity index (χ3v) is 4.04. The quantitative estimate of drug-likeness (QED) is 0.800. The maximum absolute atomic E-state index is 11.8. The average Bonchev–Trinajstić information content (AvgIpc) is 2.71. The summed E-state index contributed by atoms with van der Waals surface area (Å²) in [4.78, 5) is 20.7. The van der Waals surface area contributed by atoms with Crippen LogP contribution in [0.15, 0.2) is 0 Å².